The maximum Gasteiger partial charge on any atom is 0.311 e. The molecule has 0 saturated heterocycles. The Hall–Kier alpha value is -2.03. The Morgan fingerprint density at radius 2 is 0.566 bits per heavy atom. The lowest BCUT2D eigenvalue weighted by Crippen LogP contribution is -2.52. The van der Waals surface area contributed by atoms with Crippen molar-refractivity contribution in [2.75, 3.05) is 13.2 Å². The summed E-state index contributed by atoms with van der Waals surface area (Å²) in [5.41, 5.74) is 0.581. The molecule has 2 atom stereocenters. The van der Waals surface area contributed by atoms with Crippen LogP contribution in [0, 0.1) is 76.3 Å². The van der Waals surface area contributed by atoms with Crippen molar-refractivity contribution in [3.8, 4) is 5.75 Å². The first-order valence-corrected chi connectivity index (χ1v) is 44.2. The number of benzene rings is 2. The van der Waals surface area contributed by atoms with Gasteiger partial charge in [0.15, 0.2) is 0 Å². The van der Waals surface area contributed by atoms with Gasteiger partial charge >= 0.3 is 5.97 Å². The number of hydrogen-bond acceptors (Lipinski definition) is 3. The van der Waals surface area contributed by atoms with Gasteiger partial charge < -0.3 is 9.47 Å². The van der Waals surface area contributed by atoms with E-state index in [0.29, 0.717) is 12.5 Å². The van der Waals surface area contributed by atoms with Crippen LogP contribution >= 0.6 is 0 Å². The molecule has 0 radical (unpaired) electrons. The zero-order chi connectivity index (χ0) is 75.2. The van der Waals surface area contributed by atoms with Gasteiger partial charge in [0.1, 0.15) is 19.0 Å². The number of carbonyl (C=O) groups is 1. The summed E-state index contributed by atoms with van der Waals surface area (Å²) in [4.78, 5) is 16.8. The van der Waals surface area contributed by atoms with Gasteiger partial charge in [-0.1, -0.05) is 391 Å². The van der Waals surface area contributed by atoms with Crippen molar-refractivity contribution in [1.29, 1.82) is 0 Å². The molecule has 0 saturated carbocycles. The van der Waals surface area contributed by atoms with Crippen LogP contribution in [-0.2, 0) is 9.53 Å². The molecular weight excluding hydrogens is 1200 g/mol. The molecule has 0 heterocycles. The Bertz CT molecular complexity index is 2180. The summed E-state index contributed by atoms with van der Waals surface area (Å²) in [6.07, 6.45) is 49.8. The molecule has 0 aliphatic heterocycles. The number of fused-ring (bicyclic) bond motifs is 1. The smallest absolute Gasteiger partial charge is 0.311 e. The van der Waals surface area contributed by atoms with Crippen molar-refractivity contribution in [2.45, 2.75) is 457 Å². The molecule has 2 unspecified atom stereocenters. The third-order valence-electron chi connectivity index (χ3n) is 32.6. The Morgan fingerprint density at radius 3 is 0.838 bits per heavy atom. The van der Waals surface area contributed by atoms with Crippen molar-refractivity contribution in [1.82, 2.24) is 0 Å². The average Bonchev–Trinajstić information content (AvgIpc) is 0.729. The van der Waals surface area contributed by atoms with Crippen LogP contribution < -0.4 is 4.74 Å². The first kappa shape index (κ1) is 93.1. The topological polar surface area (TPSA) is 35.5 Å². The lowest BCUT2D eigenvalue weighted by molar-refractivity contribution is -0.163. The zero-order valence-electron chi connectivity index (χ0n) is 72.7. The fourth-order valence-corrected chi connectivity index (χ4v) is 23.6. The van der Waals surface area contributed by atoms with E-state index in [1.54, 1.807) is 0 Å². The number of ether oxygens (including phenoxy) is 2. The lowest BCUT2D eigenvalue weighted by atomic mass is 9.43. The van der Waals surface area contributed by atoms with Crippen LogP contribution in [0.1, 0.15) is 457 Å². The van der Waals surface area contributed by atoms with Crippen molar-refractivity contribution >= 4 is 16.7 Å². The number of esters is 1. The van der Waals surface area contributed by atoms with Crippen molar-refractivity contribution in [2.24, 2.45) is 76.3 Å². The standard InChI is InChI=1S/C96H178O3/c1-29-58-79(30-2)66-93(68-85(32-4,33-5)34-6,69-86(35-7,36-8)37-9)76-94(67-84(28,31-3)83(97)99-64-63-98-82-62-61-80-59-56-57-60-81(80)65-82,77-95(70-87(38-10,39-11)40-12,71-88(41-13,42-14)43-15)72-89(44-16,45-17)46-18)78-96(73-90(47-19,48-20)49-21,74-91(50-22,51-23)52-24)75-92(53-25,54-26)55-27/h56-57,59-62,65,79H,29-55,58,63-64,66-78H2,1-28H3. The molecule has 0 aromatic heterocycles. The van der Waals surface area contributed by atoms with Gasteiger partial charge in [0, 0.05) is 0 Å². The molecule has 580 valence electrons. The second-order valence-electron chi connectivity index (χ2n) is 36.3. The third-order valence-corrected chi connectivity index (χ3v) is 32.6. The SMILES string of the molecule is CCCC(CC)CC(CC(CC)(CC)CC)(CC(CC)(CC)CC)CC(CC(CC(CC)(CC)CC)(CC(CC)(CC)CC)CC(CC)(CC)CC)(CC(CC(CC)(CC)CC)(CC(CC)(CC)CC)CC(CC)(CC)CC)CC(C)(CC)C(=O)OCCOc1ccc2ccccc2c1. The highest BCUT2D eigenvalue weighted by Crippen LogP contribution is 2.71. The van der Waals surface area contributed by atoms with E-state index in [1.807, 2.05) is 0 Å². The summed E-state index contributed by atoms with van der Waals surface area (Å²) in [5, 5.41) is 2.38. The van der Waals surface area contributed by atoms with Gasteiger partial charge in [0.05, 0.1) is 5.41 Å². The van der Waals surface area contributed by atoms with Crippen LogP contribution in [0.3, 0.4) is 0 Å². The van der Waals surface area contributed by atoms with E-state index >= 15 is 4.79 Å². The van der Waals surface area contributed by atoms with Crippen LogP contribution in [0.4, 0.5) is 0 Å². The van der Waals surface area contributed by atoms with Gasteiger partial charge in [-0.15, -0.1) is 0 Å². The molecule has 0 spiro atoms. The molecule has 3 nitrogen and oxygen atoms in total. The van der Waals surface area contributed by atoms with Gasteiger partial charge in [0.25, 0.3) is 0 Å². The first-order chi connectivity index (χ1) is 47.0. The summed E-state index contributed by atoms with van der Waals surface area (Å²) in [6, 6.07) is 15.0. The van der Waals surface area contributed by atoms with E-state index < -0.39 is 5.41 Å². The summed E-state index contributed by atoms with van der Waals surface area (Å²) in [7, 11) is 0. The van der Waals surface area contributed by atoms with Crippen molar-refractivity contribution < 1.29 is 14.3 Å². The molecule has 2 aromatic carbocycles. The Balaban J connectivity index is 4.16. The van der Waals surface area contributed by atoms with E-state index in [9.17, 15) is 0 Å². The van der Waals surface area contributed by atoms with Gasteiger partial charge in [-0.05, 0) is 191 Å². The highest BCUT2D eigenvalue weighted by Gasteiger charge is 2.60. The van der Waals surface area contributed by atoms with E-state index in [4.69, 9.17) is 9.47 Å². The van der Waals surface area contributed by atoms with Gasteiger partial charge in [-0.3, -0.25) is 4.79 Å². The Kier molecular flexibility index (Phi) is 39.8. The molecule has 0 N–H and O–H groups in total. The van der Waals surface area contributed by atoms with Crippen LogP contribution in [-0.4, -0.2) is 19.2 Å². The summed E-state index contributed by atoms with van der Waals surface area (Å²) >= 11 is 0. The summed E-state index contributed by atoms with van der Waals surface area (Å²) in [5.74, 6) is 1.50. The van der Waals surface area contributed by atoms with E-state index in [1.165, 1.54) is 261 Å². The van der Waals surface area contributed by atoms with Gasteiger partial charge in [-0.2, -0.15) is 0 Å². The van der Waals surface area contributed by atoms with Crippen LogP contribution in [0.15, 0.2) is 42.5 Å². The zero-order valence-corrected chi connectivity index (χ0v) is 72.7. The highest BCUT2D eigenvalue weighted by atomic mass is 16.6. The van der Waals surface area contributed by atoms with Crippen LogP contribution in [0.2, 0.25) is 0 Å². The minimum Gasteiger partial charge on any atom is -0.490 e. The molecule has 99 heavy (non-hydrogen) atoms. The maximum atomic E-state index is 16.8. The van der Waals surface area contributed by atoms with E-state index in [2.05, 4.69) is 236 Å². The normalized spacial score (nSPS) is 14.9. The van der Waals surface area contributed by atoms with E-state index in [-0.39, 0.29) is 77.6 Å². The van der Waals surface area contributed by atoms with Crippen LogP contribution in [0.5, 0.6) is 5.75 Å². The second-order valence-corrected chi connectivity index (χ2v) is 36.3. The van der Waals surface area contributed by atoms with Crippen molar-refractivity contribution in [3.63, 3.8) is 0 Å². The fraction of sp³-hybridized carbons (Fsp3) is 0.885. The van der Waals surface area contributed by atoms with Crippen LogP contribution in [0.25, 0.3) is 10.8 Å². The largest absolute Gasteiger partial charge is 0.490 e. The average molecular weight is 1380 g/mol. The van der Waals surface area contributed by atoms with Gasteiger partial charge in [0.2, 0.25) is 0 Å². The summed E-state index contributed by atoms with van der Waals surface area (Å²) < 4.78 is 13.7. The minimum atomic E-state index is -0.757. The number of rotatable bonds is 59. The molecule has 2 rings (SSSR count). The third kappa shape index (κ3) is 24.0. The lowest BCUT2D eigenvalue weighted by Gasteiger charge is -2.62. The quantitative estimate of drug-likeness (QED) is 0.0489. The molecule has 3 heteroatoms. The molecule has 0 bridgehead atoms. The Labute approximate surface area is 622 Å². The molecule has 0 fully saturated rings. The molecule has 0 aliphatic carbocycles. The minimum absolute atomic E-state index is 0.00974. The number of carbonyl (C=O) groups excluding carboxylic acids is 1. The first-order valence-electron chi connectivity index (χ1n) is 44.2. The second kappa shape index (κ2) is 42.3. The predicted molar refractivity (Wildman–Crippen MR) is 444 cm³/mol. The Morgan fingerprint density at radius 1 is 0.303 bits per heavy atom. The van der Waals surface area contributed by atoms with E-state index in [0.717, 1.165) is 18.6 Å². The fourth-order valence-electron chi connectivity index (χ4n) is 23.6. The monoisotopic (exact) mass is 1380 g/mol. The molecule has 0 amide bonds. The summed E-state index contributed by atoms with van der Waals surface area (Å²) in [6.45, 7) is 73.0. The molecule has 0 aliphatic rings. The predicted octanol–water partition coefficient (Wildman–Crippen LogP) is 32.8. The highest BCUT2D eigenvalue weighted by molar-refractivity contribution is 5.83. The maximum absolute atomic E-state index is 16.8. The van der Waals surface area contributed by atoms with Gasteiger partial charge in [-0.25, -0.2) is 0 Å². The number of hydrogen-bond donors (Lipinski definition) is 0. The molecular formula is C96H178O3. The molecule has 2 aromatic rings. The van der Waals surface area contributed by atoms with Crippen molar-refractivity contribution in [3.05, 3.63) is 42.5 Å².